The summed E-state index contributed by atoms with van der Waals surface area (Å²) in [5.41, 5.74) is 0.824. The number of rotatable bonds is 3. The van der Waals surface area contributed by atoms with E-state index >= 15 is 0 Å². The number of ether oxygens (including phenoxy) is 2. The molecule has 1 unspecified atom stereocenters. The quantitative estimate of drug-likeness (QED) is 0.519. The van der Waals surface area contributed by atoms with Crippen molar-refractivity contribution >= 4 is 12.0 Å². The SMILES string of the molecule is O=C(C=Cc1ccccc1)OC1OC[C@@H](O)[C@H](O)[C@H]1O. The van der Waals surface area contributed by atoms with Gasteiger partial charge in [0.1, 0.15) is 18.3 Å². The second-order valence-electron chi connectivity index (χ2n) is 4.43. The minimum atomic E-state index is -1.48. The van der Waals surface area contributed by atoms with Gasteiger partial charge < -0.3 is 24.8 Å². The van der Waals surface area contributed by atoms with Crippen LogP contribution >= 0.6 is 0 Å². The zero-order valence-electron chi connectivity index (χ0n) is 10.6. The van der Waals surface area contributed by atoms with Crippen molar-refractivity contribution in [1.82, 2.24) is 0 Å². The summed E-state index contributed by atoms with van der Waals surface area (Å²) >= 11 is 0. The normalized spacial score (nSPS) is 30.4. The van der Waals surface area contributed by atoms with E-state index in [2.05, 4.69) is 0 Å². The lowest BCUT2D eigenvalue weighted by molar-refractivity contribution is -0.260. The van der Waals surface area contributed by atoms with Crippen LogP contribution in [0, 0.1) is 0 Å². The van der Waals surface area contributed by atoms with Crippen LogP contribution in [0.4, 0.5) is 0 Å². The summed E-state index contributed by atoms with van der Waals surface area (Å²) in [6.45, 7) is -0.210. The van der Waals surface area contributed by atoms with Crippen molar-refractivity contribution in [3.63, 3.8) is 0 Å². The molecule has 0 radical (unpaired) electrons. The van der Waals surface area contributed by atoms with Crippen molar-refractivity contribution in [1.29, 1.82) is 0 Å². The molecule has 20 heavy (non-hydrogen) atoms. The van der Waals surface area contributed by atoms with Crippen molar-refractivity contribution in [2.24, 2.45) is 0 Å². The Hall–Kier alpha value is -1.73. The predicted octanol–water partition coefficient (Wildman–Crippen LogP) is -0.318. The monoisotopic (exact) mass is 280 g/mol. The molecule has 1 aliphatic heterocycles. The highest BCUT2D eigenvalue weighted by Crippen LogP contribution is 2.17. The molecule has 1 fully saturated rings. The molecule has 1 aliphatic rings. The molecule has 0 aliphatic carbocycles. The Morgan fingerprint density at radius 3 is 2.60 bits per heavy atom. The van der Waals surface area contributed by atoms with E-state index in [0.717, 1.165) is 5.56 Å². The van der Waals surface area contributed by atoms with Crippen LogP contribution in [0.2, 0.25) is 0 Å². The van der Waals surface area contributed by atoms with E-state index in [-0.39, 0.29) is 6.61 Å². The Labute approximate surface area is 115 Å². The highest BCUT2D eigenvalue weighted by atomic mass is 16.7. The number of aliphatic hydroxyl groups is 3. The van der Waals surface area contributed by atoms with Crippen molar-refractivity contribution < 1.29 is 29.6 Å². The van der Waals surface area contributed by atoms with Crippen molar-refractivity contribution in [3.8, 4) is 0 Å². The van der Waals surface area contributed by atoms with Crippen LogP contribution in [0.15, 0.2) is 36.4 Å². The molecule has 0 amide bonds. The smallest absolute Gasteiger partial charge is 0.333 e. The summed E-state index contributed by atoms with van der Waals surface area (Å²) in [4.78, 5) is 11.6. The van der Waals surface area contributed by atoms with E-state index in [1.54, 1.807) is 6.08 Å². The van der Waals surface area contributed by atoms with Crippen LogP contribution in [-0.4, -0.2) is 52.5 Å². The maximum Gasteiger partial charge on any atom is 0.333 e. The van der Waals surface area contributed by atoms with Crippen LogP contribution in [0.5, 0.6) is 0 Å². The molecule has 0 spiro atoms. The Balaban J connectivity index is 1.90. The van der Waals surface area contributed by atoms with Crippen LogP contribution in [0.25, 0.3) is 6.08 Å². The summed E-state index contributed by atoms with van der Waals surface area (Å²) in [5, 5.41) is 28.3. The first-order valence-corrected chi connectivity index (χ1v) is 6.17. The number of hydrogen-bond donors (Lipinski definition) is 3. The van der Waals surface area contributed by atoms with E-state index in [0.29, 0.717) is 0 Å². The maximum atomic E-state index is 11.6. The molecule has 0 bridgehead atoms. The Kier molecular flexibility index (Phi) is 4.86. The lowest BCUT2D eigenvalue weighted by Crippen LogP contribution is -2.54. The van der Waals surface area contributed by atoms with Gasteiger partial charge in [-0.05, 0) is 11.6 Å². The topological polar surface area (TPSA) is 96.2 Å². The third-order valence-corrected chi connectivity index (χ3v) is 2.90. The number of carbonyl (C=O) groups is 1. The first-order valence-electron chi connectivity index (χ1n) is 6.17. The van der Waals surface area contributed by atoms with E-state index < -0.39 is 30.6 Å². The van der Waals surface area contributed by atoms with Gasteiger partial charge in [0.25, 0.3) is 0 Å². The number of carbonyl (C=O) groups excluding carboxylic acids is 1. The molecule has 3 N–H and O–H groups in total. The van der Waals surface area contributed by atoms with Gasteiger partial charge in [0.05, 0.1) is 6.61 Å². The second-order valence-corrected chi connectivity index (χ2v) is 4.43. The van der Waals surface area contributed by atoms with Gasteiger partial charge in [0.2, 0.25) is 6.29 Å². The molecule has 1 aromatic carbocycles. The van der Waals surface area contributed by atoms with Crippen molar-refractivity contribution in [2.75, 3.05) is 6.61 Å². The van der Waals surface area contributed by atoms with E-state index in [4.69, 9.17) is 9.47 Å². The molecule has 1 aromatic rings. The molecule has 4 atom stereocenters. The third-order valence-electron chi connectivity index (χ3n) is 2.90. The fourth-order valence-electron chi connectivity index (χ4n) is 1.77. The average Bonchev–Trinajstić information content (AvgIpc) is 2.47. The molecule has 6 heteroatoms. The highest BCUT2D eigenvalue weighted by Gasteiger charge is 2.39. The summed E-state index contributed by atoms with van der Waals surface area (Å²) in [6.07, 6.45) is -2.61. The molecule has 1 heterocycles. The summed E-state index contributed by atoms with van der Waals surface area (Å²) in [6, 6.07) is 9.15. The number of hydrogen-bond acceptors (Lipinski definition) is 6. The van der Waals surface area contributed by atoms with Gasteiger partial charge >= 0.3 is 5.97 Å². The fraction of sp³-hybridized carbons (Fsp3) is 0.357. The van der Waals surface area contributed by atoms with Gasteiger partial charge in [0, 0.05) is 6.08 Å². The molecule has 0 aromatic heterocycles. The lowest BCUT2D eigenvalue weighted by atomic mass is 10.1. The van der Waals surface area contributed by atoms with Crippen molar-refractivity contribution in [3.05, 3.63) is 42.0 Å². The number of benzene rings is 1. The molecular weight excluding hydrogens is 264 g/mol. The van der Waals surface area contributed by atoms with Crippen LogP contribution in [-0.2, 0) is 14.3 Å². The molecular formula is C14H16O6. The number of aliphatic hydroxyl groups excluding tert-OH is 3. The molecule has 0 saturated carbocycles. The van der Waals surface area contributed by atoms with Gasteiger partial charge in [-0.25, -0.2) is 4.79 Å². The standard InChI is InChI=1S/C14H16O6/c15-10-8-19-14(13(18)12(10)17)20-11(16)7-6-9-4-2-1-3-5-9/h1-7,10,12-15,17-18H,8H2/t10-,12+,13-,14?/m1/s1. The zero-order valence-corrected chi connectivity index (χ0v) is 10.6. The van der Waals surface area contributed by atoms with Gasteiger partial charge in [-0.2, -0.15) is 0 Å². The summed E-state index contributed by atoms with van der Waals surface area (Å²) in [7, 11) is 0. The Bertz CT molecular complexity index is 472. The van der Waals surface area contributed by atoms with E-state index in [1.165, 1.54) is 6.08 Å². The molecule has 6 nitrogen and oxygen atoms in total. The summed E-state index contributed by atoms with van der Waals surface area (Å²) < 4.78 is 9.83. The molecule has 108 valence electrons. The largest absolute Gasteiger partial charge is 0.430 e. The van der Waals surface area contributed by atoms with E-state index in [1.807, 2.05) is 30.3 Å². The fourth-order valence-corrected chi connectivity index (χ4v) is 1.77. The Morgan fingerprint density at radius 1 is 1.20 bits per heavy atom. The highest BCUT2D eigenvalue weighted by molar-refractivity contribution is 5.87. The minimum absolute atomic E-state index is 0.210. The van der Waals surface area contributed by atoms with Gasteiger partial charge in [-0.15, -0.1) is 0 Å². The van der Waals surface area contributed by atoms with Crippen molar-refractivity contribution in [2.45, 2.75) is 24.6 Å². The van der Waals surface area contributed by atoms with Gasteiger partial charge in [0.15, 0.2) is 0 Å². The number of esters is 1. The van der Waals surface area contributed by atoms with E-state index in [9.17, 15) is 20.1 Å². The maximum absolute atomic E-state index is 11.6. The van der Waals surface area contributed by atoms with Crippen LogP contribution in [0.3, 0.4) is 0 Å². The first-order chi connectivity index (χ1) is 9.58. The van der Waals surface area contributed by atoms with Crippen LogP contribution < -0.4 is 0 Å². The zero-order chi connectivity index (χ0) is 14.5. The average molecular weight is 280 g/mol. The molecule has 2 rings (SSSR count). The molecule has 1 saturated heterocycles. The Morgan fingerprint density at radius 2 is 1.90 bits per heavy atom. The minimum Gasteiger partial charge on any atom is -0.430 e. The van der Waals surface area contributed by atoms with Gasteiger partial charge in [-0.1, -0.05) is 30.3 Å². The second kappa shape index (κ2) is 6.62. The lowest BCUT2D eigenvalue weighted by Gasteiger charge is -2.34. The summed E-state index contributed by atoms with van der Waals surface area (Å²) in [5.74, 6) is -0.707. The third kappa shape index (κ3) is 3.64. The predicted molar refractivity (Wildman–Crippen MR) is 69.3 cm³/mol. The van der Waals surface area contributed by atoms with Crippen LogP contribution in [0.1, 0.15) is 5.56 Å². The first kappa shape index (κ1) is 14.7. The van der Waals surface area contributed by atoms with Gasteiger partial charge in [-0.3, -0.25) is 0 Å².